The summed E-state index contributed by atoms with van der Waals surface area (Å²) in [6.07, 6.45) is 1.89. The fraction of sp³-hybridized carbons (Fsp3) is 0.125. The van der Waals surface area contributed by atoms with Crippen molar-refractivity contribution in [2.75, 3.05) is 5.75 Å². The molecule has 2 aromatic carbocycles. The van der Waals surface area contributed by atoms with Crippen LogP contribution in [0.3, 0.4) is 0 Å². The van der Waals surface area contributed by atoms with E-state index >= 15 is 0 Å². The first kappa shape index (κ1) is 18.1. The number of thioether (sulfide) groups is 1. The summed E-state index contributed by atoms with van der Waals surface area (Å²) in [5.41, 5.74) is 3.24. The van der Waals surface area contributed by atoms with Crippen LogP contribution in [0.2, 0.25) is 15.1 Å². The Morgan fingerprint density at radius 3 is 2.52 bits per heavy atom. The highest BCUT2D eigenvalue weighted by Gasteiger charge is 2.01. The van der Waals surface area contributed by atoms with E-state index in [1.54, 1.807) is 30.0 Å². The maximum Gasteiger partial charge on any atom is 0.240 e. The number of nitrogens with one attached hydrogen (secondary N) is 1. The number of carbonyl (C=O) groups excluding carboxylic acids is 1. The van der Waals surface area contributed by atoms with E-state index < -0.39 is 0 Å². The molecular formula is C16H13Cl3N2OS. The van der Waals surface area contributed by atoms with Gasteiger partial charge in [-0.25, -0.2) is 5.43 Å². The van der Waals surface area contributed by atoms with Crippen LogP contribution in [0.4, 0.5) is 0 Å². The minimum atomic E-state index is -0.150. The molecule has 0 atom stereocenters. The molecule has 0 aromatic heterocycles. The number of hydrogen-bond donors (Lipinski definition) is 1. The third-order valence-electron chi connectivity index (χ3n) is 2.76. The summed E-state index contributed by atoms with van der Waals surface area (Å²) in [4.78, 5) is 12.8. The summed E-state index contributed by atoms with van der Waals surface area (Å²) in [7, 11) is 0. The fourth-order valence-corrected chi connectivity index (χ4v) is 2.90. The average molecular weight is 388 g/mol. The van der Waals surface area contributed by atoms with Gasteiger partial charge >= 0.3 is 0 Å². The van der Waals surface area contributed by atoms with Crippen LogP contribution in [0.5, 0.6) is 0 Å². The molecule has 3 nitrogen and oxygen atoms in total. The normalized spacial score (nSPS) is 10.9. The molecule has 23 heavy (non-hydrogen) atoms. The second-order valence-electron chi connectivity index (χ2n) is 4.52. The quantitative estimate of drug-likeness (QED) is 0.416. The van der Waals surface area contributed by atoms with Crippen LogP contribution in [0.25, 0.3) is 0 Å². The highest BCUT2D eigenvalue weighted by molar-refractivity contribution is 7.99. The molecule has 0 radical (unpaired) electrons. The Morgan fingerprint density at radius 1 is 1.09 bits per heavy atom. The van der Waals surface area contributed by atoms with Gasteiger partial charge in [0.25, 0.3) is 0 Å². The number of benzene rings is 2. The molecule has 120 valence electrons. The molecule has 7 heteroatoms. The molecule has 1 N–H and O–H groups in total. The number of hydrazone groups is 1. The van der Waals surface area contributed by atoms with Gasteiger partial charge in [-0.2, -0.15) is 5.10 Å². The predicted molar refractivity (Wildman–Crippen MR) is 99.0 cm³/mol. The zero-order chi connectivity index (χ0) is 16.7. The van der Waals surface area contributed by atoms with Crippen LogP contribution in [-0.4, -0.2) is 17.9 Å². The van der Waals surface area contributed by atoms with Gasteiger partial charge in [-0.15, -0.1) is 11.8 Å². The zero-order valence-corrected chi connectivity index (χ0v) is 15.0. The van der Waals surface area contributed by atoms with E-state index in [0.717, 1.165) is 10.5 Å². The van der Waals surface area contributed by atoms with Crippen molar-refractivity contribution in [3.05, 3.63) is 63.1 Å². The molecule has 0 aliphatic heterocycles. The van der Waals surface area contributed by atoms with Crippen molar-refractivity contribution in [2.45, 2.75) is 11.3 Å². The van der Waals surface area contributed by atoms with Crippen molar-refractivity contribution in [2.24, 2.45) is 5.10 Å². The van der Waals surface area contributed by atoms with Gasteiger partial charge in [-0.05, 0) is 42.0 Å². The van der Waals surface area contributed by atoms with Gasteiger partial charge < -0.3 is 0 Å². The molecule has 0 aliphatic rings. The average Bonchev–Trinajstić information content (AvgIpc) is 2.53. The lowest BCUT2D eigenvalue weighted by Crippen LogP contribution is -2.17. The third-order valence-corrected chi connectivity index (χ3v) is 4.76. The van der Waals surface area contributed by atoms with E-state index in [-0.39, 0.29) is 5.91 Å². The van der Waals surface area contributed by atoms with Gasteiger partial charge in [-0.3, -0.25) is 4.79 Å². The number of rotatable bonds is 6. The van der Waals surface area contributed by atoms with Crippen LogP contribution in [-0.2, 0) is 4.79 Å². The molecule has 2 aromatic rings. The Kier molecular flexibility index (Phi) is 7.24. The minimum Gasteiger partial charge on any atom is -0.273 e. The molecule has 0 heterocycles. The van der Waals surface area contributed by atoms with E-state index in [1.807, 2.05) is 24.3 Å². The molecule has 0 unspecified atom stereocenters. The molecule has 0 spiro atoms. The van der Waals surface area contributed by atoms with Crippen molar-refractivity contribution in [1.29, 1.82) is 0 Å². The van der Waals surface area contributed by atoms with Crippen LogP contribution < -0.4 is 5.43 Å². The van der Waals surface area contributed by atoms with Gasteiger partial charge in [0, 0.05) is 22.1 Å². The second kappa shape index (κ2) is 9.18. The maximum atomic E-state index is 11.7. The smallest absolute Gasteiger partial charge is 0.240 e. The van der Waals surface area contributed by atoms with Crippen molar-refractivity contribution < 1.29 is 4.79 Å². The fourth-order valence-electron chi connectivity index (χ4n) is 1.62. The lowest BCUT2D eigenvalue weighted by atomic mass is 10.2. The first-order chi connectivity index (χ1) is 11.0. The van der Waals surface area contributed by atoms with E-state index in [4.69, 9.17) is 34.8 Å². The lowest BCUT2D eigenvalue weighted by Gasteiger charge is -2.02. The number of amides is 1. The van der Waals surface area contributed by atoms with E-state index in [1.165, 1.54) is 6.21 Å². The summed E-state index contributed by atoms with van der Waals surface area (Å²) < 4.78 is 0. The van der Waals surface area contributed by atoms with Crippen LogP contribution >= 0.6 is 46.6 Å². The Bertz CT molecular complexity index is 705. The maximum absolute atomic E-state index is 11.7. The first-order valence-corrected chi connectivity index (χ1v) is 8.82. The van der Waals surface area contributed by atoms with E-state index in [0.29, 0.717) is 27.2 Å². The second-order valence-corrected chi connectivity index (χ2v) is 6.94. The summed E-state index contributed by atoms with van der Waals surface area (Å²) in [5, 5.41) is 5.52. The number of carbonyl (C=O) groups is 1. The zero-order valence-electron chi connectivity index (χ0n) is 11.9. The number of hydrogen-bond acceptors (Lipinski definition) is 3. The van der Waals surface area contributed by atoms with E-state index in [2.05, 4.69) is 10.5 Å². The molecule has 0 saturated heterocycles. The molecular weight excluding hydrogens is 375 g/mol. The monoisotopic (exact) mass is 386 g/mol. The Hall–Kier alpha value is -1.20. The van der Waals surface area contributed by atoms with Crippen LogP contribution in [0, 0.1) is 0 Å². The molecule has 0 aliphatic carbocycles. The van der Waals surface area contributed by atoms with Gasteiger partial charge in [0.1, 0.15) is 0 Å². The van der Waals surface area contributed by atoms with Crippen molar-refractivity contribution in [3.63, 3.8) is 0 Å². The lowest BCUT2D eigenvalue weighted by molar-refractivity contribution is -0.120. The standard InChI is InChI=1S/C16H13Cl3N2OS/c17-12-2-4-13(5-3-12)23-8-7-16(22)21-20-10-11-1-6-14(18)15(19)9-11/h1-6,9-10H,7-8H2,(H,21,22)/b20-10+. The largest absolute Gasteiger partial charge is 0.273 e. The summed E-state index contributed by atoms with van der Waals surface area (Å²) >= 11 is 19.1. The molecule has 0 saturated carbocycles. The highest BCUT2D eigenvalue weighted by atomic mass is 35.5. The Balaban J connectivity index is 1.73. The molecule has 0 bridgehead atoms. The van der Waals surface area contributed by atoms with Crippen molar-refractivity contribution in [3.8, 4) is 0 Å². The molecule has 0 fully saturated rings. The highest BCUT2D eigenvalue weighted by Crippen LogP contribution is 2.22. The van der Waals surface area contributed by atoms with Crippen LogP contribution in [0.1, 0.15) is 12.0 Å². The SMILES string of the molecule is O=C(CCSc1ccc(Cl)cc1)N/N=C/c1ccc(Cl)c(Cl)c1. The number of halogens is 3. The molecule has 2 rings (SSSR count). The Labute approximate surface area is 154 Å². The Morgan fingerprint density at radius 2 is 1.83 bits per heavy atom. The van der Waals surface area contributed by atoms with Gasteiger partial charge in [-0.1, -0.05) is 40.9 Å². The number of nitrogens with zero attached hydrogens (tertiary/aromatic N) is 1. The van der Waals surface area contributed by atoms with Gasteiger partial charge in [0.15, 0.2) is 0 Å². The summed E-state index contributed by atoms with van der Waals surface area (Å²) in [5.74, 6) is 0.512. The van der Waals surface area contributed by atoms with Crippen molar-refractivity contribution >= 4 is 58.7 Å². The van der Waals surface area contributed by atoms with Gasteiger partial charge in [0.2, 0.25) is 5.91 Å². The topological polar surface area (TPSA) is 41.5 Å². The van der Waals surface area contributed by atoms with Crippen molar-refractivity contribution in [1.82, 2.24) is 5.43 Å². The summed E-state index contributed by atoms with van der Waals surface area (Å²) in [6, 6.07) is 12.6. The molecule has 1 amide bonds. The minimum absolute atomic E-state index is 0.150. The van der Waals surface area contributed by atoms with E-state index in [9.17, 15) is 4.79 Å². The predicted octanol–water partition coefficient (Wildman–Crippen LogP) is 5.28. The summed E-state index contributed by atoms with van der Waals surface area (Å²) in [6.45, 7) is 0. The first-order valence-electron chi connectivity index (χ1n) is 6.70. The van der Waals surface area contributed by atoms with Crippen LogP contribution in [0.15, 0.2) is 52.5 Å². The third kappa shape index (κ3) is 6.43. The van der Waals surface area contributed by atoms with Gasteiger partial charge in [0.05, 0.1) is 16.3 Å².